The molecule has 17 heavy (non-hydrogen) atoms. The molecule has 0 spiro atoms. The van der Waals surface area contributed by atoms with Crippen LogP contribution in [0.25, 0.3) is 0 Å². The molecule has 3 N–H and O–H groups in total. The van der Waals surface area contributed by atoms with Gasteiger partial charge >= 0.3 is 5.97 Å². The van der Waals surface area contributed by atoms with E-state index >= 15 is 0 Å². The molecule has 0 aromatic carbocycles. The van der Waals surface area contributed by atoms with E-state index in [1.807, 2.05) is 0 Å². The summed E-state index contributed by atoms with van der Waals surface area (Å²) in [6, 6.07) is 1.58. The Morgan fingerprint density at radius 3 is 2.47 bits per heavy atom. The predicted octanol–water partition coefficient (Wildman–Crippen LogP) is 0.482. The van der Waals surface area contributed by atoms with E-state index in [9.17, 15) is 13.2 Å². The summed E-state index contributed by atoms with van der Waals surface area (Å²) in [7, 11) is -3.46. The molecule has 96 valence electrons. The highest BCUT2D eigenvalue weighted by molar-refractivity contribution is 7.89. The fraction of sp³-hybridized carbons (Fsp3) is 0.500. The number of rotatable bonds is 5. The molecule has 0 aliphatic carbocycles. The molecule has 7 heteroatoms. The molecule has 0 aliphatic heterocycles. The van der Waals surface area contributed by atoms with E-state index in [0.717, 1.165) is 5.69 Å². The molecule has 0 fully saturated rings. The second kappa shape index (κ2) is 4.89. The third kappa shape index (κ3) is 3.57. The van der Waals surface area contributed by atoms with Crippen LogP contribution in [-0.4, -0.2) is 29.8 Å². The van der Waals surface area contributed by atoms with Crippen LogP contribution < -0.4 is 5.14 Å². The van der Waals surface area contributed by atoms with Crippen LogP contribution in [0, 0.1) is 13.8 Å². The lowest BCUT2D eigenvalue weighted by Crippen LogP contribution is -2.18. The van der Waals surface area contributed by atoms with Crippen LogP contribution in [-0.2, 0) is 16.6 Å². The summed E-state index contributed by atoms with van der Waals surface area (Å²) in [5.41, 5.74) is 1.68. The van der Waals surface area contributed by atoms with Gasteiger partial charge in [0.2, 0.25) is 10.0 Å². The first kappa shape index (κ1) is 13.7. The molecular formula is C10H16N2O4S. The summed E-state index contributed by atoms with van der Waals surface area (Å²) in [5, 5.41) is 13.8. The van der Waals surface area contributed by atoms with Crippen molar-refractivity contribution in [2.24, 2.45) is 5.14 Å². The van der Waals surface area contributed by atoms with Gasteiger partial charge in [0.1, 0.15) is 0 Å². The van der Waals surface area contributed by atoms with Crippen molar-refractivity contribution in [1.82, 2.24) is 4.57 Å². The Morgan fingerprint density at radius 2 is 2.06 bits per heavy atom. The van der Waals surface area contributed by atoms with Crippen LogP contribution in [0.2, 0.25) is 0 Å². The Labute approximate surface area is 100 Å². The summed E-state index contributed by atoms with van der Waals surface area (Å²) < 4.78 is 23.3. The SMILES string of the molecule is Cc1cc(C(=O)O)c(C)n1CCCS(N)(=O)=O. The van der Waals surface area contributed by atoms with Crippen molar-refractivity contribution in [2.75, 3.05) is 5.75 Å². The molecule has 1 heterocycles. The van der Waals surface area contributed by atoms with Gasteiger partial charge in [0, 0.05) is 17.9 Å². The monoisotopic (exact) mass is 260 g/mol. The number of sulfonamides is 1. The van der Waals surface area contributed by atoms with Crippen molar-refractivity contribution in [3.8, 4) is 0 Å². The maximum Gasteiger partial charge on any atom is 0.337 e. The Balaban J connectivity index is 2.82. The first-order chi connectivity index (χ1) is 7.72. The van der Waals surface area contributed by atoms with Gasteiger partial charge < -0.3 is 9.67 Å². The van der Waals surface area contributed by atoms with Gasteiger partial charge in [-0.3, -0.25) is 0 Å². The summed E-state index contributed by atoms with van der Waals surface area (Å²) in [6.45, 7) is 3.94. The second-order valence-corrected chi connectivity index (χ2v) is 5.70. The Morgan fingerprint density at radius 1 is 1.47 bits per heavy atom. The number of primary sulfonamides is 1. The van der Waals surface area contributed by atoms with Gasteiger partial charge in [-0.25, -0.2) is 18.4 Å². The Kier molecular flexibility index (Phi) is 3.94. The van der Waals surface area contributed by atoms with Gasteiger partial charge in [-0.2, -0.15) is 0 Å². The number of hydrogen-bond donors (Lipinski definition) is 2. The largest absolute Gasteiger partial charge is 0.478 e. The number of carboxylic acids is 1. The molecule has 1 aromatic heterocycles. The van der Waals surface area contributed by atoms with Gasteiger partial charge in [0.15, 0.2) is 0 Å². The Bertz CT molecular complexity index is 531. The second-order valence-electron chi connectivity index (χ2n) is 3.96. The van der Waals surface area contributed by atoms with Crippen molar-refractivity contribution in [3.05, 3.63) is 23.0 Å². The molecule has 0 atom stereocenters. The highest BCUT2D eigenvalue weighted by Gasteiger charge is 2.14. The average molecular weight is 260 g/mol. The van der Waals surface area contributed by atoms with Crippen LogP contribution in [0.3, 0.4) is 0 Å². The molecule has 1 aromatic rings. The summed E-state index contributed by atoms with van der Waals surface area (Å²) in [5.74, 6) is -1.08. The lowest BCUT2D eigenvalue weighted by molar-refractivity contribution is 0.0696. The highest BCUT2D eigenvalue weighted by atomic mass is 32.2. The highest BCUT2D eigenvalue weighted by Crippen LogP contribution is 2.15. The van der Waals surface area contributed by atoms with E-state index < -0.39 is 16.0 Å². The quantitative estimate of drug-likeness (QED) is 0.803. The lowest BCUT2D eigenvalue weighted by atomic mass is 10.2. The maximum atomic E-state index is 10.9. The number of aromatic nitrogens is 1. The fourth-order valence-electron chi connectivity index (χ4n) is 1.79. The number of hydrogen-bond acceptors (Lipinski definition) is 3. The maximum absolute atomic E-state index is 10.9. The minimum atomic E-state index is -3.46. The molecule has 0 saturated carbocycles. The van der Waals surface area contributed by atoms with E-state index in [4.69, 9.17) is 10.2 Å². The third-order valence-corrected chi connectivity index (χ3v) is 3.47. The van der Waals surface area contributed by atoms with Crippen molar-refractivity contribution >= 4 is 16.0 Å². The van der Waals surface area contributed by atoms with E-state index in [2.05, 4.69) is 0 Å². The van der Waals surface area contributed by atoms with Crippen molar-refractivity contribution in [2.45, 2.75) is 26.8 Å². The van der Waals surface area contributed by atoms with Gasteiger partial charge in [0.05, 0.1) is 11.3 Å². The standard InChI is InChI=1S/C10H16N2O4S/c1-7-6-9(10(13)14)8(2)12(7)4-3-5-17(11,15)16/h6H,3-5H2,1-2H3,(H,13,14)(H2,11,15,16). The van der Waals surface area contributed by atoms with Crippen molar-refractivity contribution in [3.63, 3.8) is 0 Å². The van der Waals surface area contributed by atoms with Crippen molar-refractivity contribution in [1.29, 1.82) is 0 Å². The molecule has 0 saturated heterocycles. The number of carboxylic acid groups (broad SMARTS) is 1. The van der Waals surface area contributed by atoms with Crippen LogP contribution in [0.15, 0.2) is 6.07 Å². The topological polar surface area (TPSA) is 102 Å². The zero-order valence-electron chi connectivity index (χ0n) is 9.80. The first-order valence-corrected chi connectivity index (χ1v) is 6.84. The number of aromatic carboxylic acids is 1. The van der Waals surface area contributed by atoms with Gasteiger partial charge in [-0.1, -0.05) is 0 Å². The third-order valence-electron chi connectivity index (χ3n) is 2.61. The molecule has 0 unspecified atom stereocenters. The lowest BCUT2D eigenvalue weighted by Gasteiger charge is -2.08. The average Bonchev–Trinajstić information content (AvgIpc) is 2.43. The van der Waals surface area contributed by atoms with Gasteiger partial charge in [0.25, 0.3) is 0 Å². The van der Waals surface area contributed by atoms with Crippen LogP contribution in [0.1, 0.15) is 28.2 Å². The predicted molar refractivity (Wildman–Crippen MR) is 63.5 cm³/mol. The normalized spacial score (nSPS) is 11.7. The van der Waals surface area contributed by atoms with Gasteiger partial charge in [-0.05, 0) is 26.3 Å². The minimum Gasteiger partial charge on any atom is -0.478 e. The van der Waals surface area contributed by atoms with Crippen LogP contribution >= 0.6 is 0 Å². The summed E-state index contributed by atoms with van der Waals surface area (Å²) in [4.78, 5) is 10.9. The van der Waals surface area contributed by atoms with Crippen molar-refractivity contribution < 1.29 is 18.3 Å². The number of aryl methyl sites for hydroxylation is 1. The molecule has 6 nitrogen and oxygen atoms in total. The molecule has 0 radical (unpaired) electrons. The molecular weight excluding hydrogens is 244 g/mol. The molecule has 1 rings (SSSR count). The molecule has 0 aliphatic rings. The Hall–Kier alpha value is -1.34. The van der Waals surface area contributed by atoms with Crippen LogP contribution in [0.4, 0.5) is 0 Å². The number of carbonyl (C=O) groups is 1. The molecule has 0 bridgehead atoms. The number of nitrogens with two attached hydrogens (primary N) is 1. The van der Waals surface area contributed by atoms with Gasteiger partial charge in [-0.15, -0.1) is 0 Å². The fourth-order valence-corrected chi connectivity index (χ4v) is 2.32. The van der Waals surface area contributed by atoms with E-state index in [1.165, 1.54) is 0 Å². The van der Waals surface area contributed by atoms with E-state index in [-0.39, 0.29) is 11.3 Å². The minimum absolute atomic E-state index is 0.105. The number of nitrogens with zero attached hydrogens (tertiary/aromatic N) is 1. The molecule has 0 amide bonds. The van der Waals surface area contributed by atoms with E-state index in [0.29, 0.717) is 18.7 Å². The zero-order chi connectivity index (χ0) is 13.2. The smallest absolute Gasteiger partial charge is 0.337 e. The first-order valence-electron chi connectivity index (χ1n) is 5.13. The van der Waals surface area contributed by atoms with Crippen LogP contribution in [0.5, 0.6) is 0 Å². The van der Waals surface area contributed by atoms with E-state index in [1.54, 1.807) is 24.5 Å². The summed E-state index contributed by atoms with van der Waals surface area (Å²) >= 11 is 0. The zero-order valence-corrected chi connectivity index (χ0v) is 10.6. The summed E-state index contributed by atoms with van der Waals surface area (Å²) in [6.07, 6.45) is 0.369.